The Bertz CT molecular complexity index is 1270. The molecule has 2 heterocycles. The third-order valence-electron chi connectivity index (χ3n) is 6.44. The van der Waals surface area contributed by atoms with Gasteiger partial charge in [-0.05, 0) is 30.2 Å². The molecule has 8 nitrogen and oxygen atoms in total. The second-order valence-electron chi connectivity index (χ2n) is 8.69. The first-order valence-corrected chi connectivity index (χ1v) is 11.4. The van der Waals surface area contributed by atoms with Gasteiger partial charge in [0, 0.05) is 12.5 Å². The Morgan fingerprint density at radius 3 is 2.09 bits per heavy atom. The number of para-hydroxylation sites is 2. The number of nitrogens with one attached hydrogen (secondary N) is 2. The van der Waals surface area contributed by atoms with Crippen molar-refractivity contribution < 1.29 is 19.2 Å². The highest BCUT2D eigenvalue weighted by atomic mass is 16.2. The smallest absolute Gasteiger partial charge is 0.324 e. The van der Waals surface area contributed by atoms with E-state index in [1.54, 1.807) is 79.7 Å². The molecule has 0 spiro atoms. The molecule has 8 heteroatoms. The quantitative estimate of drug-likeness (QED) is 0.575. The van der Waals surface area contributed by atoms with Gasteiger partial charge in [-0.3, -0.25) is 19.3 Å². The topological polar surface area (TPSA) is 98.8 Å². The highest BCUT2D eigenvalue weighted by Gasteiger charge is 2.54. The van der Waals surface area contributed by atoms with Gasteiger partial charge in [0.15, 0.2) is 5.54 Å². The van der Waals surface area contributed by atoms with Gasteiger partial charge in [0.1, 0.15) is 6.54 Å². The van der Waals surface area contributed by atoms with Crippen LogP contribution in [0.3, 0.4) is 0 Å². The third kappa shape index (κ3) is 3.73. The Labute approximate surface area is 202 Å². The van der Waals surface area contributed by atoms with Crippen molar-refractivity contribution in [1.29, 1.82) is 0 Å². The predicted molar refractivity (Wildman–Crippen MR) is 131 cm³/mol. The number of benzene rings is 3. The number of carbonyl (C=O) groups excluding carboxylic acids is 4. The lowest BCUT2D eigenvalue weighted by atomic mass is 9.82. The summed E-state index contributed by atoms with van der Waals surface area (Å²) in [5.41, 5.74) is 0.792. The Balaban J connectivity index is 1.51. The largest absolute Gasteiger partial charge is 0.326 e. The maximum Gasteiger partial charge on any atom is 0.326 e. The molecule has 2 aliphatic rings. The minimum atomic E-state index is -1.44. The fraction of sp³-hybridized carbons (Fsp3) is 0.185. The molecule has 5 amide bonds. The van der Waals surface area contributed by atoms with Crippen molar-refractivity contribution in [2.45, 2.75) is 24.9 Å². The van der Waals surface area contributed by atoms with Gasteiger partial charge in [-0.2, -0.15) is 0 Å². The monoisotopic (exact) mass is 468 g/mol. The first kappa shape index (κ1) is 22.3. The summed E-state index contributed by atoms with van der Waals surface area (Å²) in [6, 6.07) is 23.9. The molecular formula is C27H24N4O4. The Morgan fingerprint density at radius 1 is 0.886 bits per heavy atom. The molecule has 5 rings (SSSR count). The van der Waals surface area contributed by atoms with Gasteiger partial charge in [-0.25, -0.2) is 4.79 Å². The molecule has 0 radical (unpaired) electrons. The highest BCUT2D eigenvalue weighted by molar-refractivity contribution is 6.13. The first-order chi connectivity index (χ1) is 16.9. The number of hydrogen-bond donors (Lipinski definition) is 2. The number of amides is 5. The van der Waals surface area contributed by atoms with Crippen molar-refractivity contribution in [2.75, 3.05) is 16.8 Å². The van der Waals surface area contributed by atoms with E-state index in [1.807, 2.05) is 12.1 Å². The lowest BCUT2D eigenvalue weighted by Gasteiger charge is -2.30. The lowest BCUT2D eigenvalue weighted by Crippen LogP contribution is -2.48. The van der Waals surface area contributed by atoms with Gasteiger partial charge in [0.25, 0.3) is 5.91 Å². The van der Waals surface area contributed by atoms with Crippen LogP contribution < -0.4 is 15.5 Å². The number of anilines is 2. The summed E-state index contributed by atoms with van der Waals surface area (Å²) in [6.45, 7) is 1.31. The van der Waals surface area contributed by atoms with Crippen LogP contribution in [-0.2, 0) is 19.9 Å². The number of fused-ring (bicyclic) bond motifs is 1. The van der Waals surface area contributed by atoms with E-state index in [2.05, 4.69) is 10.6 Å². The summed E-state index contributed by atoms with van der Waals surface area (Å²) in [5, 5.41) is 5.67. The van der Waals surface area contributed by atoms with E-state index < -0.39 is 36.0 Å². The number of nitrogens with zero attached hydrogens (tertiary/aromatic N) is 2. The molecule has 3 aromatic rings. The van der Waals surface area contributed by atoms with Crippen molar-refractivity contribution in [3.63, 3.8) is 0 Å². The average Bonchev–Trinajstić information content (AvgIpc) is 3.03. The molecule has 2 aliphatic heterocycles. The summed E-state index contributed by atoms with van der Waals surface area (Å²) in [6.07, 6.45) is 0.0958. The second kappa shape index (κ2) is 8.72. The van der Waals surface area contributed by atoms with Crippen molar-refractivity contribution in [2.24, 2.45) is 0 Å². The summed E-state index contributed by atoms with van der Waals surface area (Å²) >= 11 is 0. The fourth-order valence-electron chi connectivity index (χ4n) is 4.83. The summed E-state index contributed by atoms with van der Waals surface area (Å²) in [4.78, 5) is 55.4. The zero-order valence-corrected chi connectivity index (χ0v) is 19.1. The van der Waals surface area contributed by atoms with E-state index in [4.69, 9.17) is 0 Å². The van der Waals surface area contributed by atoms with Crippen LogP contribution in [0.15, 0.2) is 84.9 Å². The number of rotatable bonds is 4. The SMILES string of the molecule is C[C@H]1CC(=O)Nc2ccccc2N1C(=O)CN1C(=O)NC(c2ccccc2)(c2ccccc2)C1=O. The van der Waals surface area contributed by atoms with Gasteiger partial charge >= 0.3 is 6.03 Å². The fourth-order valence-corrected chi connectivity index (χ4v) is 4.83. The molecule has 0 unspecified atom stereocenters. The van der Waals surface area contributed by atoms with Crippen molar-refractivity contribution in [1.82, 2.24) is 10.2 Å². The van der Waals surface area contributed by atoms with Crippen molar-refractivity contribution in [3.05, 3.63) is 96.1 Å². The van der Waals surface area contributed by atoms with Gasteiger partial charge in [-0.15, -0.1) is 0 Å². The van der Waals surface area contributed by atoms with Crippen molar-refractivity contribution in [3.8, 4) is 0 Å². The van der Waals surface area contributed by atoms with Crippen LogP contribution in [0.5, 0.6) is 0 Å². The van der Waals surface area contributed by atoms with Gasteiger partial charge < -0.3 is 15.5 Å². The molecule has 2 N–H and O–H groups in total. The number of carbonyl (C=O) groups is 4. The maximum absolute atomic E-state index is 13.9. The molecule has 0 bridgehead atoms. The van der Waals surface area contributed by atoms with E-state index in [9.17, 15) is 19.2 Å². The summed E-state index contributed by atoms with van der Waals surface area (Å²) in [5.74, 6) is -1.19. The van der Waals surface area contributed by atoms with Gasteiger partial charge in [0.2, 0.25) is 11.8 Å². The molecule has 0 aliphatic carbocycles. The summed E-state index contributed by atoms with van der Waals surface area (Å²) < 4.78 is 0. The molecule has 1 saturated heterocycles. The number of imide groups is 1. The number of urea groups is 1. The van der Waals surface area contributed by atoms with Crippen LogP contribution >= 0.6 is 0 Å². The molecule has 0 aromatic heterocycles. The van der Waals surface area contributed by atoms with Gasteiger partial charge in [-0.1, -0.05) is 72.8 Å². The van der Waals surface area contributed by atoms with Crippen LogP contribution in [0.25, 0.3) is 0 Å². The molecule has 35 heavy (non-hydrogen) atoms. The minimum Gasteiger partial charge on any atom is -0.324 e. The predicted octanol–water partition coefficient (Wildman–Crippen LogP) is 3.25. The van der Waals surface area contributed by atoms with E-state index in [0.29, 0.717) is 22.5 Å². The van der Waals surface area contributed by atoms with Gasteiger partial charge in [0.05, 0.1) is 11.4 Å². The van der Waals surface area contributed by atoms with E-state index in [0.717, 1.165) is 4.90 Å². The second-order valence-corrected chi connectivity index (χ2v) is 8.69. The van der Waals surface area contributed by atoms with Crippen LogP contribution in [0.1, 0.15) is 24.5 Å². The van der Waals surface area contributed by atoms with Crippen LogP contribution in [-0.4, -0.2) is 41.2 Å². The Hall–Kier alpha value is -4.46. The Morgan fingerprint density at radius 2 is 1.46 bits per heavy atom. The zero-order valence-electron chi connectivity index (χ0n) is 19.1. The minimum absolute atomic E-state index is 0.0958. The normalized spacial score (nSPS) is 19.0. The van der Waals surface area contributed by atoms with Crippen LogP contribution in [0, 0.1) is 0 Å². The standard InChI is InChI=1S/C27H24N4O4/c1-18-16-23(32)28-21-14-8-9-15-22(21)31(18)24(33)17-30-25(34)27(29-26(30)35,19-10-4-2-5-11-19)20-12-6-3-7-13-20/h2-15,18H,16-17H2,1H3,(H,28,32)(H,29,35)/t18-/m0/s1. The third-order valence-corrected chi connectivity index (χ3v) is 6.44. The Kier molecular flexibility index (Phi) is 5.56. The average molecular weight is 469 g/mol. The highest BCUT2D eigenvalue weighted by Crippen LogP contribution is 2.37. The molecule has 1 fully saturated rings. The van der Waals surface area contributed by atoms with E-state index >= 15 is 0 Å². The van der Waals surface area contributed by atoms with Crippen LogP contribution in [0.2, 0.25) is 0 Å². The molecular weight excluding hydrogens is 444 g/mol. The van der Waals surface area contributed by atoms with E-state index in [-0.39, 0.29) is 12.3 Å². The van der Waals surface area contributed by atoms with Crippen LogP contribution in [0.4, 0.5) is 16.2 Å². The zero-order chi connectivity index (χ0) is 24.6. The maximum atomic E-state index is 13.9. The first-order valence-electron chi connectivity index (χ1n) is 11.4. The summed E-state index contributed by atoms with van der Waals surface area (Å²) in [7, 11) is 0. The molecule has 176 valence electrons. The lowest BCUT2D eigenvalue weighted by molar-refractivity contribution is -0.133. The number of hydrogen-bond acceptors (Lipinski definition) is 4. The molecule has 3 aromatic carbocycles. The van der Waals surface area contributed by atoms with Crippen molar-refractivity contribution >= 4 is 35.1 Å². The van der Waals surface area contributed by atoms with E-state index in [1.165, 1.54) is 4.90 Å². The molecule has 0 saturated carbocycles. The molecule has 1 atom stereocenters.